The van der Waals surface area contributed by atoms with Crippen molar-refractivity contribution in [2.45, 2.75) is 6.92 Å². The molecule has 1 heterocycles. The van der Waals surface area contributed by atoms with Crippen molar-refractivity contribution in [3.05, 3.63) is 10.6 Å². The minimum absolute atomic E-state index is 0.383. The largest absolute Gasteiger partial charge is 0.465 e. The fourth-order valence-electron chi connectivity index (χ4n) is 1.13. The SMILES string of the molecule is COC(=O)/C(SN1CCOCC1)=C(/C)N. The summed E-state index contributed by atoms with van der Waals surface area (Å²) in [4.78, 5) is 11.8. The first-order chi connectivity index (χ1) is 7.15. The predicted octanol–water partition coefficient (Wildman–Crippen LogP) is 0.330. The van der Waals surface area contributed by atoms with Gasteiger partial charge in [0, 0.05) is 18.8 Å². The molecule has 6 heteroatoms. The summed E-state index contributed by atoms with van der Waals surface area (Å²) in [5, 5.41) is 0. The van der Waals surface area contributed by atoms with E-state index in [-0.39, 0.29) is 5.97 Å². The van der Waals surface area contributed by atoms with Crippen molar-refractivity contribution in [1.82, 2.24) is 4.31 Å². The third-order valence-electron chi connectivity index (χ3n) is 1.92. The van der Waals surface area contributed by atoms with Crippen molar-refractivity contribution >= 4 is 17.9 Å². The third-order valence-corrected chi connectivity index (χ3v) is 3.21. The van der Waals surface area contributed by atoms with Crippen LogP contribution in [0.3, 0.4) is 0 Å². The number of morpholine rings is 1. The lowest BCUT2D eigenvalue weighted by Gasteiger charge is -2.25. The number of rotatable bonds is 3. The van der Waals surface area contributed by atoms with Crippen LogP contribution >= 0.6 is 11.9 Å². The highest BCUT2D eigenvalue weighted by Gasteiger charge is 2.19. The van der Waals surface area contributed by atoms with E-state index in [1.54, 1.807) is 6.92 Å². The van der Waals surface area contributed by atoms with Crippen molar-refractivity contribution in [3.8, 4) is 0 Å². The van der Waals surface area contributed by atoms with Crippen LogP contribution in [0.1, 0.15) is 6.92 Å². The number of nitrogens with two attached hydrogens (primary N) is 1. The fourth-order valence-corrected chi connectivity index (χ4v) is 2.02. The number of hydrogen-bond acceptors (Lipinski definition) is 6. The van der Waals surface area contributed by atoms with Gasteiger partial charge in [0.2, 0.25) is 0 Å². The van der Waals surface area contributed by atoms with Gasteiger partial charge in [-0.05, 0) is 18.9 Å². The van der Waals surface area contributed by atoms with Gasteiger partial charge in [0.15, 0.2) is 0 Å². The Bertz CT molecular complexity index is 258. The first kappa shape index (κ1) is 12.4. The van der Waals surface area contributed by atoms with Crippen LogP contribution in [-0.2, 0) is 14.3 Å². The molecule has 0 atom stereocenters. The van der Waals surface area contributed by atoms with E-state index in [1.165, 1.54) is 19.1 Å². The topological polar surface area (TPSA) is 64.8 Å². The first-order valence-electron chi connectivity index (χ1n) is 4.70. The zero-order chi connectivity index (χ0) is 11.3. The average molecular weight is 232 g/mol. The maximum atomic E-state index is 11.4. The zero-order valence-electron chi connectivity index (χ0n) is 8.99. The number of methoxy groups -OCH3 is 1. The van der Waals surface area contributed by atoms with Gasteiger partial charge in [-0.25, -0.2) is 9.10 Å². The molecule has 0 radical (unpaired) electrons. The molecule has 5 nitrogen and oxygen atoms in total. The predicted molar refractivity (Wildman–Crippen MR) is 58.9 cm³/mol. The second kappa shape index (κ2) is 5.99. The lowest BCUT2D eigenvalue weighted by molar-refractivity contribution is -0.135. The van der Waals surface area contributed by atoms with Gasteiger partial charge in [-0.15, -0.1) is 0 Å². The maximum Gasteiger partial charge on any atom is 0.347 e. The number of nitrogens with zero attached hydrogens (tertiary/aromatic N) is 1. The average Bonchev–Trinajstić information content (AvgIpc) is 2.26. The van der Waals surface area contributed by atoms with Gasteiger partial charge in [0.05, 0.1) is 20.3 Å². The molecule has 86 valence electrons. The second-order valence-electron chi connectivity index (χ2n) is 3.14. The van der Waals surface area contributed by atoms with Crippen LogP contribution in [-0.4, -0.2) is 43.7 Å². The second-order valence-corrected chi connectivity index (χ2v) is 4.24. The Kier molecular flexibility index (Phi) is 4.93. The van der Waals surface area contributed by atoms with Crippen molar-refractivity contribution in [1.29, 1.82) is 0 Å². The molecular weight excluding hydrogens is 216 g/mol. The monoisotopic (exact) mass is 232 g/mol. The molecule has 1 aliphatic rings. The van der Waals surface area contributed by atoms with Crippen LogP contribution in [0.5, 0.6) is 0 Å². The molecule has 0 aromatic rings. The van der Waals surface area contributed by atoms with Crippen molar-refractivity contribution in [2.24, 2.45) is 5.73 Å². The highest BCUT2D eigenvalue weighted by molar-refractivity contribution is 8.01. The minimum atomic E-state index is -0.383. The highest BCUT2D eigenvalue weighted by Crippen LogP contribution is 2.24. The van der Waals surface area contributed by atoms with Crippen LogP contribution in [0, 0.1) is 0 Å². The third kappa shape index (κ3) is 3.73. The first-order valence-corrected chi connectivity index (χ1v) is 5.48. The highest BCUT2D eigenvalue weighted by atomic mass is 32.2. The van der Waals surface area contributed by atoms with Gasteiger partial charge < -0.3 is 15.2 Å². The molecule has 0 bridgehead atoms. The summed E-state index contributed by atoms with van der Waals surface area (Å²) in [5.74, 6) is -0.383. The Labute approximate surface area is 93.7 Å². The molecule has 1 saturated heterocycles. The van der Waals surface area contributed by atoms with Gasteiger partial charge in [-0.1, -0.05) is 0 Å². The van der Waals surface area contributed by atoms with Crippen molar-refractivity contribution < 1.29 is 14.3 Å². The Balaban J connectivity index is 2.59. The molecular formula is C9H16N2O3S. The normalized spacial score (nSPS) is 19.6. The molecule has 0 aromatic carbocycles. The molecule has 0 aromatic heterocycles. The quantitative estimate of drug-likeness (QED) is 0.430. The summed E-state index contributed by atoms with van der Waals surface area (Å²) in [6.07, 6.45) is 0. The van der Waals surface area contributed by atoms with E-state index in [4.69, 9.17) is 10.5 Å². The smallest absolute Gasteiger partial charge is 0.347 e. The molecule has 0 aliphatic carbocycles. The van der Waals surface area contributed by atoms with E-state index in [9.17, 15) is 4.79 Å². The summed E-state index contributed by atoms with van der Waals surface area (Å²) < 4.78 is 11.9. The number of carbonyl (C=O) groups is 1. The van der Waals surface area contributed by atoms with Gasteiger partial charge >= 0.3 is 5.97 Å². The van der Waals surface area contributed by atoms with Gasteiger partial charge in [-0.3, -0.25) is 0 Å². The zero-order valence-corrected chi connectivity index (χ0v) is 9.80. The van der Waals surface area contributed by atoms with Crippen LogP contribution in [0.4, 0.5) is 0 Å². The Morgan fingerprint density at radius 2 is 2.07 bits per heavy atom. The number of esters is 1. The van der Waals surface area contributed by atoms with E-state index in [0.717, 1.165) is 13.1 Å². The van der Waals surface area contributed by atoms with E-state index in [2.05, 4.69) is 4.74 Å². The van der Waals surface area contributed by atoms with Gasteiger partial charge in [0.1, 0.15) is 4.91 Å². The molecule has 0 spiro atoms. The molecule has 0 saturated carbocycles. The maximum absolute atomic E-state index is 11.4. The van der Waals surface area contributed by atoms with Crippen molar-refractivity contribution in [2.75, 3.05) is 33.4 Å². The molecule has 1 aliphatic heterocycles. The summed E-state index contributed by atoms with van der Waals surface area (Å²) in [7, 11) is 1.35. The van der Waals surface area contributed by atoms with Crippen LogP contribution < -0.4 is 5.73 Å². The summed E-state index contributed by atoms with van der Waals surface area (Å²) >= 11 is 1.34. The van der Waals surface area contributed by atoms with Crippen LogP contribution in [0.25, 0.3) is 0 Å². The lowest BCUT2D eigenvalue weighted by atomic mass is 10.4. The number of ether oxygens (including phenoxy) is 2. The molecule has 0 amide bonds. The molecule has 15 heavy (non-hydrogen) atoms. The number of allylic oxidation sites excluding steroid dienone is 1. The fraction of sp³-hybridized carbons (Fsp3) is 0.667. The van der Waals surface area contributed by atoms with Crippen LogP contribution in [0.2, 0.25) is 0 Å². The molecule has 0 unspecified atom stereocenters. The molecule has 1 fully saturated rings. The number of hydrogen-bond donors (Lipinski definition) is 1. The van der Waals surface area contributed by atoms with E-state index < -0.39 is 0 Å². The van der Waals surface area contributed by atoms with Gasteiger partial charge in [-0.2, -0.15) is 0 Å². The van der Waals surface area contributed by atoms with Gasteiger partial charge in [0.25, 0.3) is 0 Å². The Hall–Kier alpha value is -0.720. The summed E-state index contributed by atoms with van der Waals surface area (Å²) in [5.41, 5.74) is 6.11. The van der Waals surface area contributed by atoms with Crippen molar-refractivity contribution in [3.63, 3.8) is 0 Å². The molecule has 1 rings (SSSR count). The minimum Gasteiger partial charge on any atom is -0.465 e. The number of carbonyl (C=O) groups excluding carboxylic acids is 1. The summed E-state index contributed by atoms with van der Waals surface area (Å²) in [6.45, 7) is 4.65. The standard InChI is InChI=1S/C9H16N2O3S/c1-7(10)8(9(12)13-2)15-11-3-5-14-6-4-11/h3-6,10H2,1-2H3/b8-7+. The lowest BCUT2D eigenvalue weighted by Crippen LogP contribution is -2.32. The summed E-state index contributed by atoms with van der Waals surface area (Å²) in [6, 6.07) is 0. The van der Waals surface area contributed by atoms with E-state index in [1.807, 2.05) is 4.31 Å². The Morgan fingerprint density at radius 1 is 1.47 bits per heavy atom. The van der Waals surface area contributed by atoms with Crippen LogP contribution in [0.15, 0.2) is 10.6 Å². The Morgan fingerprint density at radius 3 is 2.53 bits per heavy atom. The molecule has 2 N–H and O–H groups in total. The van der Waals surface area contributed by atoms with E-state index in [0.29, 0.717) is 23.8 Å². The van der Waals surface area contributed by atoms with E-state index >= 15 is 0 Å².